The van der Waals surface area contributed by atoms with E-state index in [1.807, 2.05) is 19.1 Å². The lowest BCUT2D eigenvalue weighted by Crippen LogP contribution is -1.99. The maximum absolute atomic E-state index is 9.42. The molecule has 0 unspecified atom stereocenters. The van der Waals surface area contributed by atoms with Crippen LogP contribution in [-0.2, 0) is 0 Å². The third kappa shape index (κ3) is 2.53. The zero-order valence-corrected chi connectivity index (χ0v) is 12.3. The first-order valence-corrected chi connectivity index (χ1v) is 7.49. The van der Waals surface area contributed by atoms with E-state index in [0.717, 1.165) is 22.4 Å². The number of phenolic OH excluding ortho intramolecular Hbond substituents is 1. The van der Waals surface area contributed by atoms with Crippen molar-refractivity contribution in [2.75, 3.05) is 0 Å². The number of rotatable bonds is 2. The van der Waals surface area contributed by atoms with Crippen molar-refractivity contribution in [1.82, 2.24) is 4.98 Å². The van der Waals surface area contributed by atoms with Crippen LogP contribution in [0.1, 0.15) is 42.9 Å². The van der Waals surface area contributed by atoms with Gasteiger partial charge in [-0.1, -0.05) is 36.6 Å². The van der Waals surface area contributed by atoms with Crippen LogP contribution in [0, 0.1) is 6.92 Å². The molecule has 1 aromatic heterocycles. The van der Waals surface area contributed by atoms with Gasteiger partial charge in [-0.05, 0) is 54.7 Å². The Hall–Kier alpha value is -1.54. The first-order chi connectivity index (χ1) is 9.65. The minimum Gasteiger partial charge on any atom is -0.508 e. The van der Waals surface area contributed by atoms with Gasteiger partial charge in [0.1, 0.15) is 10.9 Å². The lowest BCUT2D eigenvalue weighted by atomic mass is 9.96. The average Bonchev–Trinajstić information content (AvgIpc) is 2.97. The predicted octanol–water partition coefficient (Wildman–Crippen LogP) is 5.07. The lowest BCUT2D eigenvalue weighted by Gasteiger charge is -2.14. The van der Waals surface area contributed by atoms with E-state index in [1.165, 1.54) is 25.7 Å². The molecule has 0 radical (unpaired) electrons. The maximum atomic E-state index is 9.42. The van der Waals surface area contributed by atoms with Gasteiger partial charge in [0, 0.05) is 11.6 Å². The number of aromatic hydroxyl groups is 1. The van der Waals surface area contributed by atoms with Crippen molar-refractivity contribution >= 4 is 11.6 Å². The highest BCUT2D eigenvalue weighted by atomic mass is 35.5. The second-order valence-corrected chi connectivity index (χ2v) is 5.90. The fraction of sp³-hybridized carbons (Fsp3) is 0.353. The van der Waals surface area contributed by atoms with Gasteiger partial charge >= 0.3 is 0 Å². The van der Waals surface area contributed by atoms with Crippen molar-refractivity contribution in [2.45, 2.75) is 38.5 Å². The smallest absolute Gasteiger partial charge is 0.132 e. The average molecular weight is 288 g/mol. The molecule has 1 aliphatic rings. The largest absolute Gasteiger partial charge is 0.508 e. The van der Waals surface area contributed by atoms with Crippen LogP contribution < -0.4 is 0 Å². The van der Waals surface area contributed by atoms with Gasteiger partial charge in [0.2, 0.25) is 0 Å². The van der Waals surface area contributed by atoms with Crippen LogP contribution in [-0.4, -0.2) is 10.1 Å². The SMILES string of the molecule is Cc1c(-c2ccc(O)cc2)cc(C2CCCC2)nc1Cl. The van der Waals surface area contributed by atoms with E-state index in [2.05, 4.69) is 11.1 Å². The third-order valence-electron chi connectivity index (χ3n) is 4.18. The van der Waals surface area contributed by atoms with E-state index in [4.69, 9.17) is 11.6 Å². The zero-order valence-electron chi connectivity index (χ0n) is 11.6. The Kier molecular flexibility index (Phi) is 3.66. The second kappa shape index (κ2) is 5.45. The summed E-state index contributed by atoms with van der Waals surface area (Å²) in [6.07, 6.45) is 4.99. The highest BCUT2D eigenvalue weighted by Crippen LogP contribution is 2.37. The summed E-state index contributed by atoms with van der Waals surface area (Å²) in [6, 6.07) is 9.43. The molecule has 20 heavy (non-hydrogen) atoms. The molecule has 3 rings (SSSR count). The summed E-state index contributed by atoms with van der Waals surface area (Å²) in [7, 11) is 0. The van der Waals surface area contributed by atoms with Gasteiger partial charge in [0.25, 0.3) is 0 Å². The molecule has 1 aliphatic carbocycles. The third-order valence-corrected chi connectivity index (χ3v) is 4.55. The summed E-state index contributed by atoms with van der Waals surface area (Å²) < 4.78 is 0. The Morgan fingerprint density at radius 1 is 1.15 bits per heavy atom. The number of hydrogen-bond donors (Lipinski definition) is 1. The summed E-state index contributed by atoms with van der Waals surface area (Å²) in [5.74, 6) is 0.825. The molecule has 1 fully saturated rings. The standard InChI is InChI=1S/C17H18ClNO/c1-11-15(12-6-8-14(20)9-7-12)10-16(19-17(11)18)13-4-2-3-5-13/h6-10,13,20H,2-5H2,1H3. The van der Waals surface area contributed by atoms with Crippen LogP contribution >= 0.6 is 11.6 Å². The number of halogens is 1. The highest BCUT2D eigenvalue weighted by molar-refractivity contribution is 6.30. The van der Waals surface area contributed by atoms with E-state index in [0.29, 0.717) is 11.1 Å². The molecule has 2 aromatic rings. The molecule has 1 aromatic carbocycles. The second-order valence-electron chi connectivity index (χ2n) is 5.54. The van der Waals surface area contributed by atoms with Gasteiger partial charge < -0.3 is 5.11 Å². The zero-order chi connectivity index (χ0) is 14.1. The van der Waals surface area contributed by atoms with E-state index in [9.17, 15) is 5.11 Å². The predicted molar refractivity (Wildman–Crippen MR) is 82.3 cm³/mol. The van der Waals surface area contributed by atoms with Gasteiger partial charge in [0.05, 0.1) is 0 Å². The quantitative estimate of drug-likeness (QED) is 0.782. The van der Waals surface area contributed by atoms with Gasteiger partial charge in [0.15, 0.2) is 0 Å². The molecule has 0 amide bonds. The summed E-state index contributed by atoms with van der Waals surface area (Å²) in [5, 5.41) is 10.0. The molecule has 0 spiro atoms. The van der Waals surface area contributed by atoms with Crippen molar-refractivity contribution < 1.29 is 5.11 Å². The van der Waals surface area contributed by atoms with Crippen molar-refractivity contribution in [3.8, 4) is 16.9 Å². The Morgan fingerprint density at radius 3 is 2.45 bits per heavy atom. The molecule has 2 nitrogen and oxygen atoms in total. The van der Waals surface area contributed by atoms with E-state index in [-0.39, 0.29) is 5.75 Å². The summed E-state index contributed by atoms with van der Waals surface area (Å²) in [6.45, 7) is 2.00. The molecule has 0 aliphatic heterocycles. The molecule has 0 bridgehead atoms. The molecular weight excluding hydrogens is 270 g/mol. The number of benzene rings is 1. The minimum atomic E-state index is 0.280. The Labute approximate surface area is 124 Å². The van der Waals surface area contributed by atoms with Gasteiger partial charge in [-0.15, -0.1) is 0 Å². The Morgan fingerprint density at radius 2 is 1.80 bits per heavy atom. The lowest BCUT2D eigenvalue weighted by molar-refractivity contribution is 0.475. The Bertz CT molecular complexity index is 616. The fourth-order valence-corrected chi connectivity index (χ4v) is 3.17. The summed E-state index contributed by atoms with van der Waals surface area (Å²) in [4.78, 5) is 4.57. The minimum absolute atomic E-state index is 0.280. The van der Waals surface area contributed by atoms with Crippen molar-refractivity contribution in [3.63, 3.8) is 0 Å². The van der Waals surface area contributed by atoms with Crippen molar-refractivity contribution in [2.24, 2.45) is 0 Å². The molecule has 0 saturated heterocycles. The van der Waals surface area contributed by atoms with Crippen LogP contribution in [0.3, 0.4) is 0 Å². The Balaban J connectivity index is 2.06. The fourth-order valence-electron chi connectivity index (χ4n) is 2.97. The van der Waals surface area contributed by atoms with Crippen LogP contribution in [0.2, 0.25) is 5.15 Å². The molecule has 1 heterocycles. The number of nitrogens with zero attached hydrogens (tertiary/aromatic N) is 1. The van der Waals surface area contributed by atoms with E-state index < -0.39 is 0 Å². The van der Waals surface area contributed by atoms with Crippen LogP contribution in [0.15, 0.2) is 30.3 Å². The maximum Gasteiger partial charge on any atom is 0.132 e. The normalized spacial score (nSPS) is 15.7. The molecule has 3 heteroatoms. The van der Waals surface area contributed by atoms with Gasteiger partial charge in [-0.2, -0.15) is 0 Å². The number of aromatic nitrogens is 1. The number of hydrogen-bond acceptors (Lipinski definition) is 2. The molecule has 1 saturated carbocycles. The summed E-state index contributed by atoms with van der Waals surface area (Å²) in [5.41, 5.74) is 4.30. The van der Waals surface area contributed by atoms with Crippen molar-refractivity contribution in [3.05, 3.63) is 46.7 Å². The number of pyridine rings is 1. The highest BCUT2D eigenvalue weighted by Gasteiger charge is 2.20. The molecule has 0 atom stereocenters. The first kappa shape index (κ1) is 13.4. The van der Waals surface area contributed by atoms with Crippen LogP contribution in [0.25, 0.3) is 11.1 Å². The number of phenols is 1. The van der Waals surface area contributed by atoms with Crippen molar-refractivity contribution in [1.29, 1.82) is 0 Å². The summed E-state index contributed by atoms with van der Waals surface area (Å²) >= 11 is 6.32. The first-order valence-electron chi connectivity index (χ1n) is 7.11. The molecule has 1 N–H and O–H groups in total. The molecular formula is C17H18ClNO. The van der Waals surface area contributed by atoms with Crippen LogP contribution in [0.5, 0.6) is 5.75 Å². The van der Waals surface area contributed by atoms with E-state index >= 15 is 0 Å². The van der Waals surface area contributed by atoms with E-state index in [1.54, 1.807) is 12.1 Å². The van der Waals surface area contributed by atoms with Gasteiger partial charge in [-0.25, -0.2) is 4.98 Å². The monoisotopic (exact) mass is 287 g/mol. The van der Waals surface area contributed by atoms with Gasteiger partial charge in [-0.3, -0.25) is 0 Å². The van der Waals surface area contributed by atoms with Crippen LogP contribution in [0.4, 0.5) is 0 Å². The molecule has 104 valence electrons. The topological polar surface area (TPSA) is 33.1 Å².